The molecule has 0 saturated carbocycles. The first-order valence-electron chi connectivity index (χ1n) is 4.90. The maximum absolute atomic E-state index is 13.1. The van der Waals surface area contributed by atoms with Gasteiger partial charge in [-0.3, -0.25) is 4.79 Å². The van der Waals surface area contributed by atoms with Gasteiger partial charge in [0.15, 0.2) is 0 Å². The molecule has 5 heteroatoms. The van der Waals surface area contributed by atoms with E-state index in [1.54, 1.807) is 0 Å². The topological polar surface area (TPSA) is 42.0 Å². The van der Waals surface area contributed by atoms with Gasteiger partial charge < -0.3 is 5.32 Å². The van der Waals surface area contributed by atoms with E-state index in [2.05, 4.69) is 10.3 Å². The Morgan fingerprint density at radius 3 is 2.50 bits per heavy atom. The maximum atomic E-state index is 13.1. The van der Waals surface area contributed by atoms with Crippen molar-refractivity contribution in [3.63, 3.8) is 0 Å². The zero-order valence-corrected chi connectivity index (χ0v) is 9.47. The van der Waals surface area contributed by atoms with Gasteiger partial charge in [-0.25, -0.2) is 0 Å². The van der Waals surface area contributed by atoms with Gasteiger partial charge >= 0.3 is 0 Å². The summed E-state index contributed by atoms with van der Waals surface area (Å²) >= 11 is 0. The van der Waals surface area contributed by atoms with Crippen LogP contribution in [0.15, 0.2) is 12.1 Å². The lowest BCUT2D eigenvalue weighted by atomic mass is 9.92. The highest BCUT2D eigenvalue weighted by atomic mass is 19.1. The summed E-state index contributed by atoms with van der Waals surface area (Å²) in [6, 6.07) is 2.15. The Morgan fingerprint density at radius 2 is 2.00 bits per heavy atom. The number of pyridine rings is 1. The number of carbonyl (C=O) groups is 1. The summed E-state index contributed by atoms with van der Waals surface area (Å²) in [6.45, 7) is 5.68. The van der Waals surface area contributed by atoms with Crippen molar-refractivity contribution in [2.24, 2.45) is 5.41 Å². The van der Waals surface area contributed by atoms with Crippen molar-refractivity contribution in [2.45, 2.75) is 27.2 Å². The summed E-state index contributed by atoms with van der Waals surface area (Å²) < 4.78 is 25.6. The van der Waals surface area contributed by atoms with E-state index in [0.717, 1.165) is 12.1 Å². The van der Waals surface area contributed by atoms with Crippen LogP contribution in [0.4, 0.5) is 14.5 Å². The van der Waals surface area contributed by atoms with E-state index in [-0.39, 0.29) is 23.4 Å². The number of amides is 1. The van der Waals surface area contributed by atoms with Gasteiger partial charge in [-0.2, -0.15) is 13.8 Å². The Morgan fingerprint density at radius 1 is 1.38 bits per heavy atom. The van der Waals surface area contributed by atoms with Crippen LogP contribution in [0.3, 0.4) is 0 Å². The minimum atomic E-state index is -1.01. The maximum Gasteiger partial charge on any atom is 0.239 e. The number of carbonyl (C=O) groups excluding carboxylic acids is 1. The summed E-state index contributed by atoms with van der Waals surface area (Å²) in [7, 11) is 0. The summed E-state index contributed by atoms with van der Waals surface area (Å²) in [4.78, 5) is 14.4. The highest BCUT2D eigenvalue weighted by Crippen LogP contribution is 2.20. The second kappa shape index (κ2) is 4.55. The molecule has 16 heavy (non-hydrogen) atoms. The van der Waals surface area contributed by atoms with Crippen molar-refractivity contribution in [1.29, 1.82) is 0 Å². The standard InChI is InChI=1S/C11H14F2N2O/c1-11(2,3)6-9(16)14-7-4-5-8(12)15-10(7)13/h4-5H,6H2,1-3H3,(H,14,16). The molecule has 0 saturated heterocycles. The van der Waals surface area contributed by atoms with Crippen LogP contribution < -0.4 is 5.32 Å². The van der Waals surface area contributed by atoms with Gasteiger partial charge in [0.1, 0.15) is 0 Å². The van der Waals surface area contributed by atoms with E-state index >= 15 is 0 Å². The zero-order valence-electron chi connectivity index (χ0n) is 9.47. The van der Waals surface area contributed by atoms with E-state index in [4.69, 9.17) is 0 Å². The summed E-state index contributed by atoms with van der Waals surface area (Å²) in [5.41, 5.74) is -0.288. The van der Waals surface area contributed by atoms with Crippen LogP contribution in [0.1, 0.15) is 27.2 Å². The van der Waals surface area contributed by atoms with Crippen molar-refractivity contribution in [2.75, 3.05) is 5.32 Å². The smallest absolute Gasteiger partial charge is 0.239 e. The summed E-state index contributed by atoms with van der Waals surface area (Å²) in [5.74, 6) is -2.24. The fourth-order valence-corrected chi connectivity index (χ4v) is 1.18. The lowest BCUT2D eigenvalue weighted by molar-refractivity contribution is -0.117. The van der Waals surface area contributed by atoms with E-state index in [0.29, 0.717) is 0 Å². The molecule has 0 fully saturated rings. The molecule has 0 unspecified atom stereocenters. The molecule has 1 N–H and O–H groups in total. The van der Waals surface area contributed by atoms with Gasteiger partial charge in [0.2, 0.25) is 17.8 Å². The van der Waals surface area contributed by atoms with Gasteiger partial charge in [-0.15, -0.1) is 0 Å². The van der Waals surface area contributed by atoms with Crippen LogP contribution in [0.5, 0.6) is 0 Å². The quantitative estimate of drug-likeness (QED) is 0.791. The molecule has 0 bridgehead atoms. The highest BCUT2D eigenvalue weighted by Gasteiger charge is 2.17. The number of halogens is 2. The Balaban J connectivity index is 2.70. The number of hydrogen-bond donors (Lipinski definition) is 1. The average Bonchev–Trinajstić information content (AvgIpc) is 2.06. The number of aromatic nitrogens is 1. The monoisotopic (exact) mass is 228 g/mol. The Bertz CT molecular complexity index is 399. The van der Waals surface area contributed by atoms with Gasteiger partial charge in [-0.05, 0) is 17.5 Å². The van der Waals surface area contributed by atoms with Gasteiger partial charge in [0.25, 0.3) is 0 Å². The molecule has 0 aliphatic rings. The third-order valence-corrected chi connectivity index (χ3v) is 1.78. The van der Waals surface area contributed by atoms with Crippen molar-refractivity contribution in [1.82, 2.24) is 4.98 Å². The SMILES string of the molecule is CC(C)(C)CC(=O)Nc1ccc(F)nc1F. The predicted octanol–water partition coefficient (Wildman–Crippen LogP) is 2.73. The molecule has 1 aromatic rings. The van der Waals surface area contributed by atoms with E-state index in [1.807, 2.05) is 20.8 Å². The van der Waals surface area contributed by atoms with Crippen LogP contribution in [0, 0.1) is 17.3 Å². The molecule has 0 aliphatic heterocycles. The third kappa shape index (κ3) is 3.92. The first-order chi connectivity index (χ1) is 7.28. The highest BCUT2D eigenvalue weighted by molar-refractivity contribution is 5.90. The third-order valence-electron chi connectivity index (χ3n) is 1.78. The summed E-state index contributed by atoms with van der Waals surface area (Å²) in [6.07, 6.45) is 0.254. The summed E-state index contributed by atoms with van der Waals surface area (Å²) in [5, 5.41) is 2.35. The first-order valence-corrected chi connectivity index (χ1v) is 4.90. The second-order valence-electron chi connectivity index (χ2n) is 4.76. The zero-order chi connectivity index (χ0) is 12.3. The normalized spacial score (nSPS) is 11.3. The molecule has 0 atom stereocenters. The minimum absolute atomic E-state index is 0.101. The minimum Gasteiger partial charge on any atom is -0.322 e. The average molecular weight is 228 g/mol. The Hall–Kier alpha value is -1.52. The van der Waals surface area contributed by atoms with Crippen LogP contribution in [-0.2, 0) is 4.79 Å². The van der Waals surface area contributed by atoms with Gasteiger partial charge in [0, 0.05) is 6.42 Å². The molecule has 0 aromatic carbocycles. The number of nitrogens with one attached hydrogen (secondary N) is 1. The number of rotatable bonds is 2. The van der Waals surface area contributed by atoms with E-state index in [9.17, 15) is 13.6 Å². The lowest BCUT2D eigenvalue weighted by Crippen LogP contribution is -2.20. The molecule has 3 nitrogen and oxygen atoms in total. The van der Waals surface area contributed by atoms with Crippen molar-refractivity contribution in [3.05, 3.63) is 24.0 Å². The predicted molar refractivity (Wildman–Crippen MR) is 56.9 cm³/mol. The molecule has 1 rings (SSSR count). The van der Waals surface area contributed by atoms with Crippen LogP contribution in [0.25, 0.3) is 0 Å². The number of anilines is 1. The largest absolute Gasteiger partial charge is 0.322 e. The fraction of sp³-hybridized carbons (Fsp3) is 0.455. The number of nitrogens with zero attached hydrogens (tertiary/aromatic N) is 1. The molecule has 1 aromatic heterocycles. The van der Waals surface area contributed by atoms with E-state index < -0.39 is 11.9 Å². The van der Waals surface area contributed by atoms with Gasteiger partial charge in [0.05, 0.1) is 5.69 Å². The van der Waals surface area contributed by atoms with Crippen LogP contribution in [0.2, 0.25) is 0 Å². The Labute approximate surface area is 92.9 Å². The Kier molecular flexibility index (Phi) is 3.57. The molecule has 0 spiro atoms. The molecule has 0 aliphatic carbocycles. The van der Waals surface area contributed by atoms with Crippen LogP contribution >= 0.6 is 0 Å². The lowest BCUT2D eigenvalue weighted by Gasteiger charge is -2.17. The molecular weight excluding hydrogens is 214 g/mol. The molecule has 1 heterocycles. The molecular formula is C11H14F2N2O. The number of hydrogen-bond acceptors (Lipinski definition) is 2. The van der Waals surface area contributed by atoms with Crippen LogP contribution in [-0.4, -0.2) is 10.9 Å². The first kappa shape index (κ1) is 12.5. The van der Waals surface area contributed by atoms with Gasteiger partial charge in [-0.1, -0.05) is 20.8 Å². The molecule has 1 amide bonds. The van der Waals surface area contributed by atoms with Crippen molar-refractivity contribution >= 4 is 11.6 Å². The van der Waals surface area contributed by atoms with Crippen molar-refractivity contribution < 1.29 is 13.6 Å². The van der Waals surface area contributed by atoms with Crippen molar-refractivity contribution in [3.8, 4) is 0 Å². The molecule has 0 radical (unpaired) electrons. The molecule has 88 valence electrons. The fourth-order valence-electron chi connectivity index (χ4n) is 1.18. The second-order valence-corrected chi connectivity index (χ2v) is 4.76. The van der Waals surface area contributed by atoms with E-state index in [1.165, 1.54) is 0 Å².